The molecular formula is C9H13NO3. The van der Waals surface area contributed by atoms with Gasteiger partial charge in [0.05, 0.1) is 12.5 Å². The van der Waals surface area contributed by atoms with E-state index in [4.69, 9.17) is 4.74 Å². The highest BCUT2D eigenvalue weighted by atomic mass is 16.5. The summed E-state index contributed by atoms with van der Waals surface area (Å²) < 4.78 is 4.80. The van der Waals surface area contributed by atoms with Crippen molar-refractivity contribution < 1.29 is 14.3 Å². The summed E-state index contributed by atoms with van der Waals surface area (Å²) in [6, 6.07) is 0. The SMILES string of the molecule is C=CC(=O)N1CC(C(=O)OCC)C1. The van der Waals surface area contributed by atoms with E-state index in [1.54, 1.807) is 11.8 Å². The maximum absolute atomic E-state index is 11.1. The first-order chi connectivity index (χ1) is 6.19. The Hall–Kier alpha value is -1.32. The van der Waals surface area contributed by atoms with Gasteiger partial charge in [-0.3, -0.25) is 9.59 Å². The van der Waals surface area contributed by atoms with Crippen LogP contribution >= 0.6 is 0 Å². The van der Waals surface area contributed by atoms with Crippen LogP contribution < -0.4 is 0 Å². The summed E-state index contributed by atoms with van der Waals surface area (Å²) in [7, 11) is 0. The monoisotopic (exact) mass is 183 g/mol. The van der Waals surface area contributed by atoms with Crippen LogP contribution in [0.1, 0.15) is 6.92 Å². The second-order valence-electron chi connectivity index (χ2n) is 2.90. The van der Waals surface area contributed by atoms with Crippen molar-refractivity contribution in [3.8, 4) is 0 Å². The summed E-state index contributed by atoms with van der Waals surface area (Å²) >= 11 is 0. The Morgan fingerprint density at radius 2 is 2.23 bits per heavy atom. The summed E-state index contributed by atoms with van der Waals surface area (Å²) in [6.07, 6.45) is 1.25. The van der Waals surface area contributed by atoms with Crippen LogP contribution in [0, 0.1) is 5.92 Å². The number of carbonyl (C=O) groups is 2. The van der Waals surface area contributed by atoms with Crippen LogP contribution in [0.4, 0.5) is 0 Å². The molecule has 0 N–H and O–H groups in total. The van der Waals surface area contributed by atoms with E-state index >= 15 is 0 Å². The van der Waals surface area contributed by atoms with Crippen molar-refractivity contribution in [2.75, 3.05) is 19.7 Å². The smallest absolute Gasteiger partial charge is 0.312 e. The molecule has 1 rings (SSSR count). The molecule has 0 aromatic carbocycles. The molecule has 1 aliphatic rings. The molecule has 0 unspecified atom stereocenters. The molecular weight excluding hydrogens is 170 g/mol. The average Bonchev–Trinajstić information content (AvgIpc) is 2.01. The number of likely N-dealkylation sites (tertiary alicyclic amines) is 1. The largest absolute Gasteiger partial charge is 0.466 e. The number of hydrogen-bond donors (Lipinski definition) is 0. The average molecular weight is 183 g/mol. The summed E-state index contributed by atoms with van der Waals surface area (Å²) in [5.41, 5.74) is 0. The minimum absolute atomic E-state index is 0.124. The predicted molar refractivity (Wildman–Crippen MR) is 46.9 cm³/mol. The van der Waals surface area contributed by atoms with E-state index in [1.807, 2.05) is 0 Å². The molecule has 1 saturated heterocycles. The van der Waals surface area contributed by atoms with Crippen molar-refractivity contribution in [3.05, 3.63) is 12.7 Å². The standard InChI is InChI=1S/C9H13NO3/c1-3-8(11)10-5-7(6-10)9(12)13-4-2/h3,7H,1,4-6H2,2H3. The number of rotatable bonds is 3. The van der Waals surface area contributed by atoms with Crippen molar-refractivity contribution >= 4 is 11.9 Å². The molecule has 0 aliphatic carbocycles. The third-order valence-electron chi connectivity index (χ3n) is 1.99. The van der Waals surface area contributed by atoms with Gasteiger partial charge in [-0.05, 0) is 13.0 Å². The lowest BCUT2D eigenvalue weighted by molar-refractivity contribution is -0.156. The van der Waals surface area contributed by atoms with Crippen LogP contribution in [0.2, 0.25) is 0 Å². The predicted octanol–water partition coefficient (Wildman–Crippen LogP) is 0.194. The van der Waals surface area contributed by atoms with Crippen LogP contribution in [0.3, 0.4) is 0 Å². The molecule has 72 valence electrons. The lowest BCUT2D eigenvalue weighted by Crippen LogP contribution is -2.52. The summed E-state index contributed by atoms with van der Waals surface area (Å²) in [4.78, 5) is 23.6. The molecule has 1 aliphatic heterocycles. The lowest BCUT2D eigenvalue weighted by Gasteiger charge is -2.36. The maximum atomic E-state index is 11.1. The quantitative estimate of drug-likeness (QED) is 0.463. The number of esters is 1. The fourth-order valence-corrected chi connectivity index (χ4v) is 1.20. The summed E-state index contributed by atoms with van der Waals surface area (Å²) in [5.74, 6) is -0.472. The van der Waals surface area contributed by atoms with Gasteiger partial charge in [-0.1, -0.05) is 6.58 Å². The molecule has 0 atom stereocenters. The molecule has 0 aromatic heterocycles. The van der Waals surface area contributed by atoms with Gasteiger partial charge >= 0.3 is 5.97 Å². The van der Waals surface area contributed by atoms with Crippen LogP contribution in [-0.4, -0.2) is 36.5 Å². The van der Waals surface area contributed by atoms with Gasteiger partial charge < -0.3 is 9.64 Å². The van der Waals surface area contributed by atoms with E-state index in [0.29, 0.717) is 19.7 Å². The van der Waals surface area contributed by atoms with Crippen molar-refractivity contribution in [1.29, 1.82) is 0 Å². The van der Waals surface area contributed by atoms with E-state index < -0.39 is 0 Å². The Bertz CT molecular complexity index is 231. The van der Waals surface area contributed by atoms with Gasteiger partial charge in [0.25, 0.3) is 0 Å². The Labute approximate surface area is 77.2 Å². The first-order valence-corrected chi connectivity index (χ1v) is 4.27. The zero-order valence-electron chi connectivity index (χ0n) is 7.66. The number of ether oxygens (including phenoxy) is 1. The Kier molecular flexibility index (Phi) is 3.06. The molecule has 4 nitrogen and oxygen atoms in total. The number of amides is 1. The van der Waals surface area contributed by atoms with E-state index in [-0.39, 0.29) is 17.8 Å². The van der Waals surface area contributed by atoms with E-state index in [9.17, 15) is 9.59 Å². The van der Waals surface area contributed by atoms with Crippen LogP contribution in [-0.2, 0) is 14.3 Å². The Morgan fingerprint density at radius 1 is 1.62 bits per heavy atom. The van der Waals surface area contributed by atoms with Crippen LogP contribution in [0.15, 0.2) is 12.7 Å². The van der Waals surface area contributed by atoms with Crippen molar-refractivity contribution in [1.82, 2.24) is 4.90 Å². The molecule has 13 heavy (non-hydrogen) atoms. The molecule has 4 heteroatoms. The number of nitrogens with zero attached hydrogens (tertiary/aromatic N) is 1. The van der Waals surface area contributed by atoms with E-state index in [1.165, 1.54) is 6.08 Å². The molecule has 1 fully saturated rings. The minimum atomic E-state index is -0.212. The third kappa shape index (κ3) is 2.08. The topological polar surface area (TPSA) is 46.6 Å². The van der Waals surface area contributed by atoms with E-state index in [2.05, 4.69) is 6.58 Å². The van der Waals surface area contributed by atoms with E-state index in [0.717, 1.165) is 0 Å². The fraction of sp³-hybridized carbons (Fsp3) is 0.556. The summed E-state index contributed by atoms with van der Waals surface area (Å²) in [6.45, 7) is 6.45. The van der Waals surface area contributed by atoms with Crippen molar-refractivity contribution in [2.24, 2.45) is 5.92 Å². The first-order valence-electron chi connectivity index (χ1n) is 4.27. The van der Waals surface area contributed by atoms with Gasteiger partial charge in [0.2, 0.25) is 5.91 Å². The zero-order chi connectivity index (χ0) is 9.84. The Balaban J connectivity index is 2.29. The number of hydrogen-bond acceptors (Lipinski definition) is 3. The molecule has 0 saturated carbocycles. The number of carbonyl (C=O) groups excluding carboxylic acids is 2. The maximum Gasteiger partial charge on any atom is 0.312 e. The van der Waals surface area contributed by atoms with Gasteiger partial charge in [-0.2, -0.15) is 0 Å². The highest BCUT2D eigenvalue weighted by Gasteiger charge is 2.35. The molecule has 0 bridgehead atoms. The molecule has 1 amide bonds. The fourth-order valence-electron chi connectivity index (χ4n) is 1.20. The highest BCUT2D eigenvalue weighted by molar-refractivity contribution is 5.89. The van der Waals surface area contributed by atoms with Gasteiger partial charge in [-0.15, -0.1) is 0 Å². The molecule has 0 aromatic rings. The molecule has 0 spiro atoms. The lowest BCUT2D eigenvalue weighted by atomic mass is 10.0. The third-order valence-corrected chi connectivity index (χ3v) is 1.99. The van der Waals surface area contributed by atoms with Gasteiger partial charge in [0, 0.05) is 13.1 Å². The second kappa shape index (κ2) is 4.07. The zero-order valence-corrected chi connectivity index (χ0v) is 7.66. The van der Waals surface area contributed by atoms with Crippen LogP contribution in [0.25, 0.3) is 0 Å². The molecule has 0 radical (unpaired) electrons. The van der Waals surface area contributed by atoms with Crippen molar-refractivity contribution in [2.45, 2.75) is 6.92 Å². The normalized spacial score (nSPS) is 16.2. The molecule has 1 heterocycles. The summed E-state index contributed by atoms with van der Waals surface area (Å²) in [5, 5.41) is 0. The second-order valence-corrected chi connectivity index (χ2v) is 2.90. The Morgan fingerprint density at radius 3 is 2.69 bits per heavy atom. The van der Waals surface area contributed by atoms with Gasteiger partial charge in [0.1, 0.15) is 0 Å². The van der Waals surface area contributed by atoms with Gasteiger partial charge in [0.15, 0.2) is 0 Å². The first kappa shape index (κ1) is 9.77. The van der Waals surface area contributed by atoms with Crippen molar-refractivity contribution in [3.63, 3.8) is 0 Å². The minimum Gasteiger partial charge on any atom is -0.466 e. The highest BCUT2D eigenvalue weighted by Crippen LogP contribution is 2.16. The van der Waals surface area contributed by atoms with Gasteiger partial charge in [-0.25, -0.2) is 0 Å². The van der Waals surface area contributed by atoms with Crippen LogP contribution in [0.5, 0.6) is 0 Å².